The van der Waals surface area contributed by atoms with Gasteiger partial charge in [-0.2, -0.15) is 0 Å². The average Bonchev–Trinajstić information content (AvgIpc) is 3.77. The number of esters is 1. The van der Waals surface area contributed by atoms with Crippen LogP contribution in [0.2, 0.25) is 0 Å². The van der Waals surface area contributed by atoms with Crippen molar-refractivity contribution < 1.29 is 67.5 Å². The summed E-state index contributed by atoms with van der Waals surface area (Å²) >= 11 is 0. The van der Waals surface area contributed by atoms with Crippen LogP contribution >= 0.6 is 0 Å². The second-order valence-electron chi connectivity index (χ2n) is 16.4. The topological polar surface area (TPSA) is 178 Å². The van der Waals surface area contributed by atoms with Gasteiger partial charge >= 0.3 is 5.97 Å². The van der Waals surface area contributed by atoms with E-state index in [-0.39, 0.29) is 66.3 Å². The van der Waals surface area contributed by atoms with Crippen LogP contribution in [0.3, 0.4) is 0 Å². The van der Waals surface area contributed by atoms with E-state index in [0.29, 0.717) is 24.8 Å². The molecule has 19 unspecified atom stereocenters. The van der Waals surface area contributed by atoms with E-state index in [0.717, 1.165) is 19.3 Å². The third-order valence-electron chi connectivity index (χ3n) is 13.1. The van der Waals surface area contributed by atoms with E-state index < -0.39 is 73.8 Å². The van der Waals surface area contributed by atoms with E-state index in [9.17, 15) is 24.9 Å². The molecule has 3 saturated heterocycles. The summed E-state index contributed by atoms with van der Waals surface area (Å²) in [6.45, 7) is 5.27. The molecule has 14 heteroatoms. The van der Waals surface area contributed by atoms with E-state index in [1.54, 1.807) is 21.3 Å². The largest absolute Gasteiger partial charge is 0.458 e. The van der Waals surface area contributed by atoms with Crippen molar-refractivity contribution in [2.75, 3.05) is 35.0 Å². The Labute approximate surface area is 330 Å². The van der Waals surface area contributed by atoms with Crippen LogP contribution in [0.5, 0.6) is 0 Å². The molecule has 0 amide bonds. The van der Waals surface area contributed by atoms with Gasteiger partial charge in [0.25, 0.3) is 0 Å². The Morgan fingerprint density at radius 2 is 1.57 bits per heavy atom. The Morgan fingerprint density at radius 3 is 2.25 bits per heavy atom. The Hall–Kier alpha value is -2.08. The summed E-state index contributed by atoms with van der Waals surface area (Å²) in [5.41, 5.74) is 0.593. The highest BCUT2D eigenvalue weighted by molar-refractivity contribution is 5.99. The van der Waals surface area contributed by atoms with Gasteiger partial charge in [-0.1, -0.05) is 38.2 Å². The number of fused-ring (bicyclic) bond motifs is 5. The number of hydrogen-bond donors (Lipinski definition) is 3. The predicted molar refractivity (Wildman–Crippen MR) is 201 cm³/mol. The molecule has 3 aliphatic carbocycles. The number of ketones is 1. The number of carbonyl (C=O) groups excluding carboxylic acids is 2. The fraction of sp³-hybridized carbons (Fsp3) is 0.810. The number of cyclic esters (lactones) is 1. The third kappa shape index (κ3) is 8.91. The van der Waals surface area contributed by atoms with Gasteiger partial charge in [0.2, 0.25) is 0 Å². The van der Waals surface area contributed by atoms with Gasteiger partial charge in [-0.05, 0) is 80.8 Å². The van der Waals surface area contributed by atoms with Crippen LogP contribution in [0.15, 0.2) is 36.0 Å². The zero-order valence-corrected chi connectivity index (χ0v) is 33.8. The number of Topliss-reactive ketones (excluding diaryl/α,β-unsaturated/α-hetero) is 1. The van der Waals surface area contributed by atoms with Crippen molar-refractivity contribution in [3.63, 3.8) is 0 Å². The first kappa shape index (κ1) is 43.5. The van der Waals surface area contributed by atoms with E-state index in [1.807, 2.05) is 32.9 Å². The van der Waals surface area contributed by atoms with Gasteiger partial charge < -0.3 is 58.0 Å². The van der Waals surface area contributed by atoms with Gasteiger partial charge in [-0.15, -0.1) is 0 Å². The van der Waals surface area contributed by atoms with Crippen molar-refractivity contribution in [2.24, 2.45) is 35.5 Å². The Morgan fingerprint density at radius 1 is 0.839 bits per heavy atom. The Balaban J connectivity index is 1.25. The van der Waals surface area contributed by atoms with Crippen molar-refractivity contribution in [3.05, 3.63) is 36.0 Å². The molecule has 56 heavy (non-hydrogen) atoms. The van der Waals surface area contributed by atoms with Crippen molar-refractivity contribution in [1.82, 2.24) is 0 Å². The molecule has 0 aromatic carbocycles. The number of allylic oxidation sites excluding steroid dienone is 5. The molecular formula is C42H64O14. The fourth-order valence-corrected chi connectivity index (χ4v) is 10.2. The molecule has 3 aliphatic heterocycles. The summed E-state index contributed by atoms with van der Waals surface area (Å²) in [7, 11) is 6.24. The van der Waals surface area contributed by atoms with E-state index in [2.05, 4.69) is 18.2 Å². The van der Waals surface area contributed by atoms with Crippen LogP contribution < -0.4 is 0 Å². The normalized spacial score (nSPS) is 46.0. The number of methoxy groups -OCH3 is 4. The molecule has 316 valence electrons. The zero-order valence-electron chi connectivity index (χ0n) is 33.8. The van der Waals surface area contributed by atoms with E-state index in [1.165, 1.54) is 7.11 Å². The van der Waals surface area contributed by atoms with Crippen LogP contribution in [0.4, 0.5) is 0 Å². The van der Waals surface area contributed by atoms with Gasteiger partial charge in [0.1, 0.15) is 48.8 Å². The lowest BCUT2D eigenvalue weighted by molar-refractivity contribution is -0.317. The number of ether oxygens (including phenoxy) is 9. The van der Waals surface area contributed by atoms with Crippen molar-refractivity contribution >= 4 is 11.8 Å². The van der Waals surface area contributed by atoms with Crippen LogP contribution in [-0.2, 0) is 52.2 Å². The first-order valence-electron chi connectivity index (χ1n) is 20.5. The van der Waals surface area contributed by atoms with Crippen LogP contribution in [-0.4, -0.2) is 142 Å². The van der Waals surface area contributed by atoms with Gasteiger partial charge in [0.15, 0.2) is 18.4 Å². The molecule has 1 saturated carbocycles. The number of aliphatic hydroxyl groups excluding tert-OH is 3. The highest BCUT2D eigenvalue weighted by Gasteiger charge is 2.53. The minimum atomic E-state index is -1.37. The molecule has 3 N–H and O–H groups in total. The molecule has 4 fully saturated rings. The highest BCUT2D eigenvalue weighted by Crippen LogP contribution is 2.54. The smallest absolute Gasteiger partial charge is 0.307 e. The molecule has 0 aromatic heterocycles. The molecule has 14 nitrogen and oxygen atoms in total. The molecule has 6 rings (SSSR count). The van der Waals surface area contributed by atoms with Crippen LogP contribution in [0.25, 0.3) is 0 Å². The van der Waals surface area contributed by atoms with Crippen molar-refractivity contribution in [1.29, 1.82) is 0 Å². The SMILES string of the molecule is CCC=CC1CCCC(OC2OC(CO)C(O)C(OC)C2O)C(C)C(=O)C2=CC3C(C=CC4CC(OC5OC(C)C(OC)C(OC)C5OC)CC43)C2CC(=O)O1. The molecule has 0 aromatic rings. The first-order chi connectivity index (χ1) is 27.0. The highest BCUT2D eigenvalue weighted by atomic mass is 16.7. The quantitative estimate of drug-likeness (QED) is 0.206. The molecule has 6 aliphatic rings. The van der Waals surface area contributed by atoms with Gasteiger partial charge in [-0.3, -0.25) is 9.59 Å². The maximum absolute atomic E-state index is 14.7. The minimum Gasteiger partial charge on any atom is -0.458 e. The van der Waals surface area contributed by atoms with E-state index in [4.69, 9.17) is 42.6 Å². The summed E-state index contributed by atoms with van der Waals surface area (Å²) in [5, 5.41) is 31.7. The lowest BCUT2D eigenvalue weighted by atomic mass is 9.70. The number of rotatable bonds is 11. The third-order valence-corrected chi connectivity index (χ3v) is 13.1. The summed E-state index contributed by atoms with van der Waals surface area (Å²) in [5.74, 6) is -1.24. The fourth-order valence-electron chi connectivity index (χ4n) is 10.2. The zero-order chi connectivity index (χ0) is 40.3. The second kappa shape index (κ2) is 19.3. The second-order valence-corrected chi connectivity index (χ2v) is 16.4. The average molecular weight is 793 g/mol. The predicted octanol–water partition coefficient (Wildman–Crippen LogP) is 3.04. The lowest BCUT2D eigenvalue weighted by Crippen LogP contribution is -2.60. The summed E-state index contributed by atoms with van der Waals surface area (Å²) < 4.78 is 54.0. The lowest BCUT2D eigenvalue weighted by Gasteiger charge is -2.44. The van der Waals surface area contributed by atoms with E-state index >= 15 is 0 Å². The number of hydrogen-bond acceptors (Lipinski definition) is 14. The summed E-state index contributed by atoms with van der Waals surface area (Å²) in [4.78, 5) is 28.4. The molecule has 19 atom stereocenters. The number of aliphatic hydroxyl groups is 3. The van der Waals surface area contributed by atoms with Gasteiger partial charge in [-0.25, -0.2) is 0 Å². The maximum Gasteiger partial charge on any atom is 0.307 e. The van der Waals surface area contributed by atoms with Gasteiger partial charge in [0.05, 0.1) is 31.3 Å². The van der Waals surface area contributed by atoms with Gasteiger partial charge in [0, 0.05) is 40.3 Å². The summed E-state index contributed by atoms with van der Waals surface area (Å²) in [6.07, 6.45) is 4.87. The Bertz CT molecular complexity index is 1420. The van der Waals surface area contributed by atoms with Crippen LogP contribution in [0.1, 0.15) is 65.7 Å². The minimum absolute atomic E-state index is 0.00499. The number of carbonyl (C=O) groups is 2. The molecule has 0 spiro atoms. The van der Waals surface area contributed by atoms with Crippen molar-refractivity contribution in [3.8, 4) is 0 Å². The standard InChI is InChI=1S/C42H64O14/c1-8-9-11-24-12-10-13-31(55-41-36(47)38(49-5)35(46)32(20-43)56-41)21(2)34(45)30-18-28-26(29(30)19-33(44)53-24)15-14-23-16-25(17-27(23)28)54-42-40(51-7)39(50-6)37(48-4)22(3)52-42/h9,11,14-15,18,21-29,31-32,35-43,46-47H,8,10,12-13,16-17,19-20H2,1-7H3. The maximum atomic E-state index is 14.7. The first-order valence-corrected chi connectivity index (χ1v) is 20.5. The van der Waals surface area contributed by atoms with Crippen molar-refractivity contribution in [2.45, 2.75) is 145 Å². The van der Waals surface area contributed by atoms with Crippen LogP contribution in [0, 0.1) is 35.5 Å². The molecule has 0 radical (unpaired) electrons. The molecule has 3 heterocycles. The molecular weight excluding hydrogens is 728 g/mol. The summed E-state index contributed by atoms with van der Waals surface area (Å²) in [6, 6.07) is 0. The Kier molecular flexibility index (Phi) is 15.0. The monoisotopic (exact) mass is 792 g/mol. The molecule has 0 bridgehead atoms.